The quantitative estimate of drug-likeness (QED) is 0.850. The van der Waals surface area contributed by atoms with Gasteiger partial charge < -0.3 is 19.3 Å². The maximum atomic E-state index is 12.3. The number of carbonyl (C=O) groups excluding carboxylic acids is 2. The molecule has 23 heavy (non-hydrogen) atoms. The first-order valence-electron chi connectivity index (χ1n) is 7.31. The second kappa shape index (κ2) is 7.16. The molecule has 7 nitrogen and oxygen atoms in total. The topological polar surface area (TPSA) is 91.1 Å². The number of carboxylic acids is 1. The summed E-state index contributed by atoms with van der Waals surface area (Å²) in [7, 11) is 1.52. The molecule has 1 atom stereocenters. The van der Waals surface area contributed by atoms with Crippen LogP contribution in [0.15, 0.2) is 15.2 Å². The monoisotopic (exact) mass is 386 g/mol. The number of likely N-dealkylation sites (tertiary alicyclic amines) is 1. The Bertz CT molecular complexity index is 627. The lowest BCUT2D eigenvalue weighted by molar-refractivity contribution is -0.145. The molecule has 0 radical (unpaired) electrons. The summed E-state index contributed by atoms with van der Waals surface area (Å²) in [5.41, 5.74) is 0.685. The molecule has 1 aromatic heterocycles. The lowest BCUT2D eigenvalue weighted by Gasteiger charge is -2.31. The third-order valence-electron chi connectivity index (χ3n) is 3.92. The summed E-state index contributed by atoms with van der Waals surface area (Å²) in [6, 6.07) is 1.69. The summed E-state index contributed by atoms with van der Waals surface area (Å²) in [5, 5.41) is 9.07. The molecule has 1 saturated heterocycles. The smallest absolute Gasteiger partial charge is 0.308 e. The Morgan fingerprint density at radius 1 is 1.48 bits per heavy atom. The van der Waals surface area contributed by atoms with Crippen LogP contribution in [0.4, 0.5) is 0 Å². The van der Waals surface area contributed by atoms with E-state index in [9.17, 15) is 14.4 Å². The Hall–Kier alpha value is -1.83. The molecule has 2 amide bonds. The molecule has 1 aromatic rings. The van der Waals surface area contributed by atoms with Gasteiger partial charge in [-0.3, -0.25) is 14.4 Å². The molecule has 1 aliphatic rings. The summed E-state index contributed by atoms with van der Waals surface area (Å²) >= 11 is 3.17. The second-order valence-corrected chi connectivity index (χ2v) is 6.52. The highest BCUT2D eigenvalue weighted by Gasteiger charge is 2.29. The Morgan fingerprint density at radius 3 is 2.74 bits per heavy atom. The summed E-state index contributed by atoms with van der Waals surface area (Å²) in [5.74, 6) is -1.86. The molecule has 1 fully saturated rings. The van der Waals surface area contributed by atoms with Crippen LogP contribution in [0.5, 0.6) is 0 Å². The van der Waals surface area contributed by atoms with E-state index in [2.05, 4.69) is 15.9 Å². The van der Waals surface area contributed by atoms with Crippen LogP contribution in [0.2, 0.25) is 0 Å². The highest BCUT2D eigenvalue weighted by atomic mass is 79.9. The fourth-order valence-electron chi connectivity index (χ4n) is 2.61. The van der Waals surface area contributed by atoms with Crippen molar-refractivity contribution in [1.82, 2.24) is 9.80 Å². The van der Waals surface area contributed by atoms with Gasteiger partial charge in [-0.15, -0.1) is 0 Å². The van der Waals surface area contributed by atoms with Crippen molar-refractivity contribution in [2.24, 2.45) is 5.92 Å². The Labute approximate surface area is 142 Å². The fourth-order valence-corrected chi connectivity index (χ4v) is 3.11. The summed E-state index contributed by atoms with van der Waals surface area (Å²) in [6.07, 6.45) is 1.23. The van der Waals surface area contributed by atoms with Crippen LogP contribution in [0.1, 0.15) is 29.0 Å². The van der Waals surface area contributed by atoms with Gasteiger partial charge in [-0.25, -0.2) is 0 Å². The molecule has 8 heteroatoms. The van der Waals surface area contributed by atoms with Crippen molar-refractivity contribution in [2.45, 2.75) is 19.8 Å². The molecule has 2 heterocycles. The number of likely N-dealkylation sites (N-methyl/N-ethyl adjacent to an activating group) is 1. The zero-order valence-electron chi connectivity index (χ0n) is 13.0. The van der Waals surface area contributed by atoms with Crippen molar-refractivity contribution >= 4 is 33.7 Å². The first-order chi connectivity index (χ1) is 10.8. The van der Waals surface area contributed by atoms with Crippen LogP contribution in [0, 0.1) is 12.8 Å². The van der Waals surface area contributed by atoms with Gasteiger partial charge in [0.05, 0.1) is 12.5 Å². The summed E-state index contributed by atoms with van der Waals surface area (Å²) in [6.45, 7) is 2.36. The van der Waals surface area contributed by atoms with E-state index in [-0.39, 0.29) is 30.7 Å². The average Bonchev–Trinajstić information content (AvgIpc) is 2.85. The predicted octanol–water partition coefficient (Wildman–Crippen LogP) is 1.75. The molecule has 0 spiro atoms. The van der Waals surface area contributed by atoms with Gasteiger partial charge in [0.15, 0.2) is 10.4 Å². The zero-order chi connectivity index (χ0) is 17.1. The van der Waals surface area contributed by atoms with E-state index in [0.29, 0.717) is 29.6 Å². The van der Waals surface area contributed by atoms with Crippen molar-refractivity contribution in [1.29, 1.82) is 0 Å². The highest BCUT2D eigenvalue weighted by molar-refractivity contribution is 9.10. The number of aliphatic carboxylic acids is 1. The minimum Gasteiger partial charge on any atom is -0.481 e. The third kappa shape index (κ3) is 4.13. The predicted molar refractivity (Wildman–Crippen MR) is 85.0 cm³/mol. The Kier molecular flexibility index (Phi) is 5.46. The molecule has 1 unspecified atom stereocenters. The Morgan fingerprint density at radius 2 is 2.17 bits per heavy atom. The van der Waals surface area contributed by atoms with Crippen LogP contribution >= 0.6 is 15.9 Å². The standard InChI is InChI=1S/C15H19BrN2O5/c1-9-6-11(16)23-13(9)14(20)17(2)8-12(19)18-5-3-4-10(7-18)15(21)22/h6,10H,3-5,7-8H2,1-2H3,(H,21,22). The highest BCUT2D eigenvalue weighted by Crippen LogP contribution is 2.21. The molecule has 0 aliphatic carbocycles. The zero-order valence-corrected chi connectivity index (χ0v) is 14.6. The van der Waals surface area contributed by atoms with Gasteiger partial charge in [0.2, 0.25) is 5.91 Å². The van der Waals surface area contributed by atoms with Gasteiger partial charge >= 0.3 is 5.97 Å². The van der Waals surface area contributed by atoms with Crippen molar-refractivity contribution in [2.75, 3.05) is 26.7 Å². The van der Waals surface area contributed by atoms with Gasteiger partial charge in [-0.05, 0) is 41.8 Å². The number of nitrogens with zero attached hydrogens (tertiary/aromatic N) is 2. The molecule has 2 rings (SSSR count). The molecule has 0 bridgehead atoms. The van der Waals surface area contributed by atoms with E-state index >= 15 is 0 Å². The number of aryl methyl sites for hydroxylation is 1. The number of furan rings is 1. The van der Waals surface area contributed by atoms with Crippen LogP contribution in [0.25, 0.3) is 0 Å². The summed E-state index contributed by atoms with van der Waals surface area (Å²) < 4.78 is 5.75. The SMILES string of the molecule is Cc1cc(Br)oc1C(=O)N(C)CC(=O)N1CCCC(C(=O)O)C1. The van der Waals surface area contributed by atoms with E-state index < -0.39 is 11.9 Å². The van der Waals surface area contributed by atoms with Crippen molar-refractivity contribution < 1.29 is 23.9 Å². The van der Waals surface area contributed by atoms with E-state index in [0.717, 1.165) is 0 Å². The van der Waals surface area contributed by atoms with E-state index in [4.69, 9.17) is 9.52 Å². The molecule has 1 aliphatic heterocycles. The summed E-state index contributed by atoms with van der Waals surface area (Å²) in [4.78, 5) is 38.5. The minimum absolute atomic E-state index is 0.108. The number of halogens is 1. The molecule has 1 N–H and O–H groups in total. The number of piperidine rings is 1. The first-order valence-corrected chi connectivity index (χ1v) is 8.11. The van der Waals surface area contributed by atoms with E-state index in [1.807, 2.05) is 0 Å². The van der Waals surface area contributed by atoms with Gasteiger partial charge in [0.25, 0.3) is 5.91 Å². The first kappa shape index (κ1) is 17.5. The van der Waals surface area contributed by atoms with Crippen molar-refractivity contribution in [3.05, 3.63) is 22.1 Å². The van der Waals surface area contributed by atoms with Crippen molar-refractivity contribution in [3.8, 4) is 0 Å². The third-order valence-corrected chi connectivity index (χ3v) is 4.32. The Balaban J connectivity index is 1.98. The molecule has 0 saturated carbocycles. The average molecular weight is 387 g/mol. The van der Waals surface area contributed by atoms with Crippen molar-refractivity contribution in [3.63, 3.8) is 0 Å². The number of carbonyl (C=O) groups is 3. The number of rotatable bonds is 4. The van der Waals surface area contributed by atoms with Crippen LogP contribution < -0.4 is 0 Å². The maximum Gasteiger partial charge on any atom is 0.308 e. The van der Waals surface area contributed by atoms with Gasteiger partial charge in [0, 0.05) is 25.7 Å². The largest absolute Gasteiger partial charge is 0.481 e. The van der Waals surface area contributed by atoms with Gasteiger partial charge in [0.1, 0.15) is 0 Å². The van der Waals surface area contributed by atoms with Crippen LogP contribution in [0.3, 0.4) is 0 Å². The molecule has 0 aromatic carbocycles. The minimum atomic E-state index is -0.886. The number of carboxylic acid groups (broad SMARTS) is 1. The maximum absolute atomic E-state index is 12.3. The number of amides is 2. The van der Waals surface area contributed by atoms with Crippen LogP contribution in [-0.4, -0.2) is 59.4 Å². The fraction of sp³-hybridized carbons (Fsp3) is 0.533. The molecule has 126 valence electrons. The lowest BCUT2D eigenvalue weighted by atomic mass is 9.98. The van der Waals surface area contributed by atoms with Gasteiger partial charge in [-0.1, -0.05) is 0 Å². The molecular weight excluding hydrogens is 368 g/mol. The molecular formula is C15H19BrN2O5. The number of hydrogen-bond acceptors (Lipinski definition) is 4. The van der Waals surface area contributed by atoms with E-state index in [1.54, 1.807) is 13.0 Å². The lowest BCUT2D eigenvalue weighted by Crippen LogP contribution is -2.46. The normalized spacial score (nSPS) is 17.9. The van der Waals surface area contributed by atoms with Gasteiger partial charge in [-0.2, -0.15) is 0 Å². The van der Waals surface area contributed by atoms with E-state index in [1.165, 1.54) is 16.8 Å². The van der Waals surface area contributed by atoms with Crippen LogP contribution in [-0.2, 0) is 9.59 Å². The number of hydrogen-bond donors (Lipinski definition) is 1. The second-order valence-electron chi connectivity index (χ2n) is 5.74.